The molecule has 5 aromatic heterocycles. The molecular weight excluding hydrogens is 450 g/mol. The van der Waals surface area contributed by atoms with Crippen LogP contribution in [0.5, 0.6) is 0 Å². The lowest BCUT2D eigenvalue weighted by Crippen LogP contribution is -2.44. The van der Waals surface area contributed by atoms with Crippen LogP contribution in [0.15, 0.2) is 79.5 Å². The highest BCUT2D eigenvalue weighted by Crippen LogP contribution is 2.35. The minimum absolute atomic E-state index is 0.654. The van der Waals surface area contributed by atoms with Crippen LogP contribution in [0.1, 0.15) is 5.56 Å². The number of hydrogen-bond acceptors (Lipinski definition) is 8. The SMILES string of the molecule is C1=CC(c2cncc3nc(-c4ccnc(Nc5ccc6ccnn6c5)c4)nc(N4CCNCC4)c23)=C1. The second-order valence-corrected chi connectivity index (χ2v) is 8.84. The second kappa shape index (κ2) is 8.54. The third-order valence-corrected chi connectivity index (χ3v) is 6.55. The summed E-state index contributed by atoms with van der Waals surface area (Å²) < 4.78 is 1.83. The molecule has 9 nitrogen and oxygen atoms in total. The van der Waals surface area contributed by atoms with Crippen LogP contribution in [-0.4, -0.2) is 55.7 Å². The molecule has 0 bridgehead atoms. The van der Waals surface area contributed by atoms with Gasteiger partial charge in [0.1, 0.15) is 11.6 Å². The summed E-state index contributed by atoms with van der Waals surface area (Å²) in [6.07, 6.45) is 15.5. The molecule has 1 aliphatic carbocycles. The third-order valence-electron chi connectivity index (χ3n) is 6.55. The van der Waals surface area contributed by atoms with Crippen molar-refractivity contribution < 1.29 is 0 Å². The van der Waals surface area contributed by atoms with Crippen LogP contribution in [0.2, 0.25) is 0 Å². The Morgan fingerprint density at radius 2 is 1.89 bits per heavy atom. The van der Waals surface area contributed by atoms with Gasteiger partial charge in [-0.2, -0.15) is 5.10 Å². The third kappa shape index (κ3) is 3.66. The molecule has 176 valence electrons. The van der Waals surface area contributed by atoms with Gasteiger partial charge in [0, 0.05) is 55.9 Å². The average Bonchev–Trinajstić information content (AvgIpc) is 3.36. The van der Waals surface area contributed by atoms with Gasteiger partial charge in [-0.1, -0.05) is 18.2 Å². The van der Waals surface area contributed by atoms with Crippen molar-refractivity contribution in [3.63, 3.8) is 0 Å². The van der Waals surface area contributed by atoms with Crippen molar-refractivity contribution in [2.24, 2.45) is 0 Å². The number of rotatable bonds is 5. The van der Waals surface area contributed by atoms with Gasteiger partial charge in [0.2, 0.25) is 0 Å². The quantitative estimate of drug-likeness (QED) is 0.398. The lowest BCUT2D eigenvalue weighted by atomic mass is 9.97. The Morgan fingerprint density at radius 1 is 0.972 bits per heavy atom. The van der Waals surface area contributed by atoms with Gasteiger partial charge in [0.05, 0.1) is 34.5 Å². The summed E-state index contributed by atoms with van der Waals surface area (Å²) >= 11 is 0. The average molecular weight is 474 g/mol. The summed E-state index contributed by atoms with van der Waals surface area (Å²) in [5, 5.41) is 12.2. The van der Waals surface area contributed by atoms with E-state index in [-0.39, 0.29) is 0 Å². The first-order valence-electron chi connectivity index (χ1n) is 12.0. The van der Waals surface area contributed by atoms with Crippen LogP contribution < -0.4 is 15.5 Å². The normalized spacial score (nSPS) is 15.2. The largest absolute Gasteiger partial charge is 0.353 e. The molecule has 0 amide bonds. The Labute approximate surface area is 207 Å². The monoisotopic (exact) mass is 473 g/mol. The fourth-order valence-electron chi connectivity index (χ4n) is 4.66. The molecular formula is C27H23N9. The predicted molar refractivity (Wildman–Crippen MR) is 141 cm³/mol. The van der Waals surface area contributed by atoms with Gasteiger partial charge in [0.25, 0.3) is 0 Å². The predicted octanol–water partition coefficient (Wildman–Crippen LogP) is 3.84. The maximum absolute atomic E-state index is 5.12. The van der Waals surface area contributed by atoms with Crippen molar-refractivity contribution >= 4 is 39.3 Å². The molecule has 1 fully saturated rings. The fraction of sp³-hybridized carbons (Fsp3) is 0.148. The van der Waals surface area contributed by atoms with Crippen LogP contribution in [0.3, 0.4) is 0 Å². The van der Waals surface area contributed by atoms with Crippen LogP contribution in [0.4, 0.5) is 17.3 Å². The number of nitrogens with one attached hydrogen (secondary N) is 2. The second-order valence-electron chi connectivity index (χ2n) is 8.84. The van der Waals surface area contributed by atoms with Crippen molar-refractivity contribution in [3.8, 4) is 11.4 Å². The molecule has 2 aliphatic rings. The minimum Gasteiger partial charge on any atom is -0.353 e. The van der Waals surface area contributed by atoms with E-state index in [2.05, 4.69) is 42.8 Å². The maximum atomic E-state index is 5.12. The van der Waals surface area contributed by atoms with Crippen LogP contribution in [0.25, 0.3) is 33.4 Å². The lowest BCUT2D eigenvalue weighted by Gasteiger charge is -2.30. The Kier molecular flexibility index (Phi) is 4.92. The summed E-state index contributed by atoms with van der Waals surface area (Å²) in [7, 11) is 0. The molecule has 0 saturated carbocycles. The zero-order valence-electron chi connectivity index (χ0n) is 19.5. The van der Waals surface area contributed by atoms with Crippen molar-refractivity contribution in [1.82, 2.24) is 34.9 Å². The molecule has 0 atom stereocenters. The molecule has 7 rings (SSSR count). The van der Waals surface area contributed by atoms with Crippen LogP contribution in [0, 0.1) is 0 Å². The van der Waals surface area contributed by atoms with Crippen LogP contribution >= 0.6 is 0 Å². The fourth-order valence-corrected chi connectivity index (χ4v) is 4.66. The first-order valence-corrected chi connectivity index (χ1v) is 12.0. The first kappa shape index (κ1) is 20.7. The Balaban J connectivity index is 1.31. The molecule has 0 radical (unpaired) electrons. The van der Waals surface area contributed by atoms with E-state index in [9.17, 15) is 0 Å². The van der Waals surface area contributed by atoms with E-state index in [4.69, 9.17) is 9.97 Å². The standard InChI is InChI=1S/C27H23N9/c1-2-18(3-1)22-15-29-16-23-25(22)27(35-12-10-28-11-13-35)34-26(33-23)19-6-8-30-24(14-19)32-20-4-5-21-7-9-31-36(21)17-20/h1-9,14-17,28H,10-13H2,(H,30,32). The molecule has 0 aromatic carbocycles. The number of hydrogen-bond donors (Lipinski definition) is 2. The van der Waals surface area contributed by atoms with Gasteiger partial charge in [0.15, 0.2) is 5.82 Å². The zero-order valence-corrected chi connectivity index (χ0v) is 19.5. The number of allylic oxidation sites excluding steroid dienone is 4. The van der Waals surface area contributed by atoms with Crippen LogP contribution in [-0.2, 0) is 0 Å². The topological polar surface area (TPSA) is 96.2 Å². The molecule has 2 N–H and O–H groups in total. The van der Waals surface area contributed by atoms with Crippen molar-refractivity contribution in [1.29, 1.82) is 0 Å². The molecule has 0 unspecified atom stereocenters. The van der Waals surface area contributed by atoms with Gasteiger partial charge in [-0.15, -0.1) is 0 Å². The number of piperazine rings is 1. The Bertz CT molecular complexity index is 1660. The van der Waals surface area contributed by atoms with E-state index >= 15 is 0 Å². The van der Waals surface area contributed by atoms with E-state index in [0.29, 0.717) is 11.6 Å². The molecule has 0 spiro atoms. The number of aromatic nitrogens is 6. The smallest absolute Gasteiger partial charge is 0.162 e. The van der Waals surface area contributed by atoms with Gasteiger partial charge in [-0.05, 0) is 35.9 Å². The van der Waals surface area contributed by atoms with Gasteiger partial charge >= 0.3 is 0 Å². The summed E-state index contributed by atoms with van der Waals surface area (Å²) in [4.78, 5) is 21.4. The number of pyridine rings is 3. The van der Waals surface area contributed by atoms with E-state index in [1.54, 1.807) is 12.4 Å². The van der Waals surface area contributed by atoms with E-state index in [1.807, 2.05) is 59.5 Å². The summed E-state index contributed by atoms with van der Waals surface area (Å²) in [5.74, 6) is 2.31. The Morgan fingerprint density at radius 3 is 2.75 bits per heavy atom. The van der Waals surface area contributed by atoms with E-state index in [1.165, 1.54) is 0 Å². The minimum atomic E-state index is 0.654. The lowest BCUT2D eigenvalue weighted by molar-refractivity contribution is 0.586. The molecule has 36 heavy (non-hydrogen) atoms. The summed E-state index contributed by atoms with van der Waals surface area (Å²) in [5.41, 5.74) is 5.88. The highest BCUT2D eigenvalue weighted by Gasteiger charge is 2.21. The van der Waals surface area contributed by atoms with E-state index in [0.717, 1.165) is 70.8 Å². The van der Waals surface area contributed by atoms with Crippen molar-refractivity contribution in [3.05, 3.63) is 85.1 Å². The zero-order chi connectivity index (χ0) is 23.9. The number of nitrogens with zero attached hydrogens (tertiary/aromatic N) is 7. The van der Waals surface area contributed by atoms with Gasteiger partial charge < -0.3 is 15.5 Å². The number of anilines is 3. The van der Waals surface area contributed by atoms with Crippen molar-refractivity contribution in [2.45, 2.75) is 0 Å². The molecule has 9 heteroatoms. The highest BCUT2D eigenvalue weighted by molar-refractivity contribution is 6.02. The summed E-state index contributed by atoms with van der Waals surface area (Å²) in [6.45, 7) is 3.63. The molecule has 1 saturated heterocycles. The van der Waals surface area contributed by atoms with Gasteiger partial charge in [-0.25, -0.2) is 19.5 Å². The highest BCUT2D eigenvalue weighted by atomic mass is 15.2. The number of fused-ring (bicyclic) bond motifs is 2. The Hall–Kier alpha value is -4.63. The van der Waals surface area contributed by atoms with E-state index < -0.39 is 0 Å². The molecule has 1 aliphatic heterocycles. The first-order chi connectivity index (χ1) is 17.8. The van der Waals surface area contributed by atoms with Gasteiger partial charge in [-0.3, -0.25) is 4.98 Å². The molecule has 5 aromatic rings. The maximum Gasteiger partial charge on any atom is 0.162 e. The molecule has 6 heterocycles. The summed E-state index contributed by atoms with van der Waals surface area (Å²) in [6, 6.07) is 9.91. The van der Waals surface area contributed by atoms with Crippen molar-refractivity contribution in [2.75, 3.05) is 36.4 Å².